The minimum atomic E-state index is -0.313. The standard InChI is InChI=1S/C18H31N5OS2.HI/c1-4-19-16(20-10-7-12-25-17-21-11-13-26-17)22-14-18(8-5-6-9-18)15(24)23(2)3;/h11,13H,4-10,12,14H2,1-3H3,(H2,19,20,22);1H. The third-order valence-electron chi connectivity index (χ3n) is 4.55. The maximum atomic E-state index is 12.7. The minimum Gasteiger partial charge on any atom is -0.357 e. The van der Waals surface area contributed by atoms with Crippen molar-refractivity contribution >= 4 is 58.9 Å². The molecule has 0 radical (unpaired) electrons. The van der Waals surface area contributed by atoms with E-state index < -0.39 is 0 Å². The molecule has 154 valence electrons. The number of aromatic nitrogens is 1. The van der Waals surface area contributed by atoms with Gasteiger partial charge in [0.25, 0.3) is 0 Å². The minimum absolute atomic E-state index is 0. The average Bonchev–Trinajstić information content (AvgIpc) is 3.31. The van der Waals surface area contributed by atoms with Gasteiger partial charge in [-0.3, -0.25) is 9.79 Å². The Kier molecular flexibility index (Phi) is 11.6. The number of amides is 1. The third kappa shape index (κ3) is 7.77. The van der Waals surface area contributed by atoms with E-state index in [4.69, 9.17) is 4.99 Å². The van der Waals surface area contributed by atoms with Crippen molar-refractivity contribution in [3.63, 3.8) is 0 Å². The Morgan fingerprint density at radius 2 is 2.11 bits per heavy atom. The molecular weight excluding hydrogens is 493 g/mol. The highest BCUT2D eigenvalue weighted by Crippen LogP contribution is 2.39. The predicted octanol–water partition coefficient (Wildman–Crippen LogP) is 3.45. The van der Waals surface area contributed by atoms with Gasteiger partial charge in [-0.1, -0.05) is 24.6 Å². The second-order valence-electron chi connectivity index (χ2n) is 6.81. The fraction of sp³-hybridized carbons (Fsp3) is 0.722. The molecule has 1 fully saturated rings. The van der Waals surface area contributed by atoms with Gasteiger partial charge in [0.2, 0.25) is 5.91 Å². The smallest absolute Gasteiger partial charge is 0.230 e. The lowest BCUT2D eigenvalue weighted by atomic mass is 9.85. The second-order valence-corrected chi connectivity index (χ2v) is 9.05. The lowest BCUT2D eigenvalue weighted by molar-refractivity contribution is -0.138. The SMILES string of the molecule is CCNC(=NCC1(C(=O)N(C)C)CCCC1)NCCCSc1nccs1.I. The highest BCUT2D eigenvalue weighted by atomic mass is 127. The van der Waals surface area contributed by atoms with E-state index in [1.54, 1.807) is 28.0 Å². The average molecular weight is 526 g/mol. The fourth-order valence-electron chi connectivity index (χ4n) is 3.26. The number of hydrogen-bond acceptors (Lipinski definition) is 5. The first-order chi connectivity index (χ1) is 12.6. The lowest BCUT2D eigenvalue weighted by Crippen LogP contribution is -2.43. The van der Waals surface area contributed by atoms with Crippen LogP contribution in [-0.4, -0.2) is 61.2 Å². The molecule has 0 unspecified atom stereocenters. The molecule has 1 aromatic rings. The summed E-state index contributed by atoms with van der Waals surface area (Å²) < 4.78 is 1.12. The van der Waals surface area contributed by atoms with Gasteiger partial charge in [-0.05, 0) is 26.2 Å². The Balaban J connectivity index is 0.00000364. The molecule has 1 aliphatic rings. The highest BCUT2D eigenvalue weighted by molar-refractivity contribution is 14.0. The first-order valence-electron chi connectivity index (χ1n) is 9.33. The third-order valence-corrected chi connectivity index (χ3v) is 6.61. The summed E-state index contributed by atoms with van der Waals surface area (Å²) in [6.45, 7) is 4.30. The molecule has 2 N–H and O–H groups in total. The van der Waals surface area contributed by atoms with Crippen LogP contribution in [0, 0.1) is 5.41 Å². The van der Waals surface area contributed by atoms with Gasteiger partial charge < -0.3 is 15.5 Å². The van der Waals surface area contributed by atoms with Crippen molar-refractivity contribution < 1.29 is 4.79 Å². The lowest BCUT2D eigenvalue weighted by Gasteiger charge is -2.29. The van der Waals surface area contributed by atoms with Crippen LogP contribution in [0.3, 0.4) is 0 Å². The van der Waals surface area contributed by atoms with Gasteiger partial charge in [-0.25, -0.2) is 4.98 Å². The van der Waals surface area contributed by atoms with E-state index in [0.717, 1.165) is 61.2 Å². The first-order valence-corrected chi connectivity index (χ1v) is 11.2. The van der Waals surface area contributed by atoms with Crippen molar-refractivity contribution in [2.45, 2.75) is 43.4 Å². The van der Waals surface area contributed by atoms with Crippen LogP contribution in [0.2, 0.25) is 0 Å². The summed E-state index contributed by atoms with van der Waals surface area (Å²) in [7, 11) is 3.69. The highest BCUT2D eigenvalue weighted by Gasteiger charge is 2.41. The van der Waals surface area contributed by atoms with Crippen LogP contribution < -0.4 is 10.6 Å². The maximum absolute atomic E-state index is 12.7. The summed E-state index contributed by atoms with van der Waals surface area (Å²) in [6, 6.07) is 0. The normalized spacial score (nSPS) is 15.9. The zero-order valence-electron chi connectivity index (χ0n) is 16.5. The van der Waals surface area contributed by atoms with Crippen molar-refractivity contribution in [1.29, 1.82) is 0 Å². The number of guanidine groups is 1. The number of thioether (sulfide) groups is 1. The Labute approximate surface area is 188 Å². The van der Waals surface area contributed by atoms with Gasteiger partial charge in [0.15, 0.2) is 5.96 Å². The quantitative estimate of drug-likeness (QED) is 0.170. The molecule has 6 nitrogen and oxygen atoms in total. The zero-order chi connectivity index (χ0) is 18.8. The van der Waals surface area contributed by atoms with E-state index in [0.29, 0.717) is 6.54 Å². The van der Waals surface area contributed by atoms with Crippen LogP contribution in [0.5, 0.6) is 0 Å². The molecule has 9 heteroatoms. The molecule has 0 aromatic carbocycles. The van der Waals surface area contributed by atoms with E-state index in [-0.39, 0.29) is 35.3 Å². The number of aliphatic imine (C=N–C) groups is 1. The summed E-state index contributed by atoms with van der Waals surface area (Å²) >= 11 is 3.47. The summed E-state index contributed by atoms with van der Waals surface area (Å²) in [6.07, 6.45) is 7.00. The molecule has 0 spiro atoms. The molecule has 2 rings (SSSR count). The molecule has 0 aliphatic heterocycles. The van der Waals surface area contributed by atoms with Gasteiger partial charge >= 0.3 is 0 Å². The summed E-state index contributed by atoms with van der Waals surface area (Å²) in [5.41, 5.74) is -0.313. The Bertz CT molecular complexity index is 574. The molecule has 1 aliphatic carbocycles. The molecule has 1 saturated carbocycles. The number of carbonyl (C=O) groups is 1. The van der Waals surface area contributed by atoms with Crippen LogP contribution in [0.1, 0.15) is 39.0 Å². The summed E-state index contributed by atoms with van der Waals surface area (Å²) in [5.74, 6) is 2.06. The van der Waals surface area contributed by atoms with Crippen molar-refractivity contribution in [1.82, 2.24) is 20.5 Å². The van der Waals surface area contributed by atoms with E-state index in [2.05, 4.69) is 22.5 Å². The molecule has 0 saturated heterocycles. The van der Waals surface area contributed by atoms with Crippen LogP contribution in [0.4, 0.5) is 0 Å². The first kappa shape index (κ1) is 24.5. The van der Waals surface area contributed by atoms with E-state index in [9.17, 15) is 4.79 Å². The molecule has 0 bridgehead atoms. The van der Waals surface area contributed by atoms with Crippen molar-refractivity contribution in [3.8, 4) is 0 Å². The largest absolute Gasteiger partial charge is 0.357 e. The Morgan fingerprint density at radius 1 is 1.37 bits per heavy atom. The van der Waals surface area contributed by atoms with Crippen LogP contribution in [-0.2, 0) is 4.79 Å². The number of halogens is 1. The van der Waals surface area contributed by atoms with Gasteiger partial charge in [0, 0.05) is 44.5 Å². The van der Waals surface area contributed by atoms with Gasteiger partial charge in [0.05, 0.1) is 12.0 Å². The van der Waals surface area contributed by atoms with E-state index >= 15 is 0 Å². The van der Waals surface area contributed by atoms with Crippen molar-refractivity contribution in [2.24, 2.45) is 10.4 Å². The molecule has 1 amide bonds. The van der Waals surface area contributed by atoms with Gasteiger partial charge in [-0.2, -0.15) is 0 Å². The number of carbonyl (C=O) groups excluding carboxylic acids is 1. The number of nitrogens with one attached hydrogen (secondary N) is 2. The summed E-state index contributed by atoms with van der Waals surface area (Å²) in [5, 5.41) is 8.69. The zero-order valence-corrected chi connectivity index (χ0v) is 20.5. The van der Waals surface area contributed by atoms with Crippen molar-refractivity contribution in [3.05, 3.63) is 11.6 Å². The predicted molar refractivity (Wildman–Crippen MR) is 126 cm³/mol. The molecular formula is C18H32IN5OS2. The van der Waals surface area contributed by atoms with Crippen LogP contribution in [0.25, 0.3) is 0 Å². The number of rotatable bonds is 9. The molecule has 27 heavy (non-hydrogen) atoms. The van der Waals surface area contributed by atoms with Gasteiger partial charge in [-0.15, -0.1) is 35.3 Å². The second kappa shape index (κ2) is 12.8. The molecule has 0 atom stereocenters. The number of hydrogen-bond donors (Lipinski definition) is 2. The van der Waals surface area contributed by atoms with E-state index in [1.807, 2.05) is 25.7 Å². The monoisotopic (exact) mass is 525 g/mol. The molecule has 1 aromatic heterocycles. The summed E-state index contributed by atoms with van der Waals surface area (Å²) in [4.78, 5) is 23.4. The Hall–Kier alpha value is -0.550. The Morgan fingerprint density at radius 3 is 2.70 bits per heavy atom. The molecule has 1 heterocycles. The van der Waals surface area contributed by atoms with Crippen LogP contribution >= 0.6 is 47.1 Å². The topological polar surface area (TPSA) is 69.6 Å². The maximum Gasteiger partial charge on any atom is 0.230 e. The van der Waals surface area contributed by atoms with Crippen LogP contribution in [0.15, 0.2) is 20.9 Å². The number of nitrogens with zero attached hydrogens (tertiary/aromatic N) is 3. The van der Waals surface area contributed by atoms with E-state index in [1.165, 1.54) is 0 Å². The van der Waals surface area contributed by atoms with Gasteiger partial charge in [0.1, 0.15) is 4.34 Å². The fourth-order valence-corrected chi connectivity index (χ4v) is 4.91. The number of thiazole rings is 1. The van der Waals surface area contributed by atoms with Crippen molar-refractivity contribution in [2.75, 3.05) is 39.5 Å².